The molecule has 1 aromatic rings. The maximum Gasteiger partial charge on any atom is 0.0902 e. The second-order valence-electron chi connectivity index (χ2n) is 3.93. The summed E-state index contributed by atoms with van der Waals surface area (Å²) in [6.07, 6.45) is 1.74. The van der Waals surface area contributed by atoms with Crippen molar-refractivity contribution >= 4 is 11.6 Å². The van der Waals surface area contributed by atoms with Crippen molar-refractivity contribution in [3.05, 3.63) is 33.8 Å². The van der Waals surface area contributed by atoms with E-state index in [1.54, 1.807) is 0 Å². The Morgan fingerprint density at radius 3 is 2.46 bits per heavy atom. The normalized spacial score (nSPS) is 18.8. The van der Waals surface area contributed by atoms with Crippen molar-refractivity contribution in [3.63, 3.8) is 0 Å². The summed E-state index contributed by atoms with van der Waals surface area (Å²) < 4.78 is 0. The molecule has 1 saturated carbocycles. The molecule has 1 fully saturated rings. The third-order valence-electron chi connectivity index (χ3n) is 2.86. The third-order valence-corrected chi connectivity index (χ3v) is 3.08. The molecule has 1 aliphatic carbocycles. The Balaban J connectivity index is 2.56. The fraction of sp³-hybridized carbons (Fsp3) is 0.455. The minimum Gasteiger partial charge on any atom is -0.385 e. The fourth-order valence-electron chi connectivity index (χ4n) is 1.69. The van der Waals surface area contributed by atoms with E-state index in [9.17, 15) is 5.11 Å². The Kier molecular flexibility index (Phi) is 1.90. The van der Waals surface area contributed by atoms with Crippen LogP contribution < -0.4 is 0 Å². The van der Waals surface area contributed by atoms with Gasteiger partial charge in [-0.1, -0.05) is 11.6 Å². The van der Waals surface area contributed by atoms with Gasteiger partial charge in [0, 0.05) is 5.02 Å². The zero-order valence-corrected chi connectivity index (χ0v) is 8.65. The summed E-state index contributed by atoms with van der Waals surface area (Å²) in [7, 11) is 0. The summed E-state index contributed by atoms with van der Waals surface area (Å²) in [5.74, 6) is 0. The van der Waals surface area contributed by atoms with Crippen LogP contribution in [-0.4, -0.2) is 5.11 Å². The van der Waals surface area contributed by atoms with Gasteiger partial charge in [0.15, 0.2) is 0 Å². The van der Waals surface area contributed by atoms with E-state index >= 15 is 0 Å². The average molecular weight is 197 g/mol. The van der Waals surface area contributed by atoms with Gasteiger partial charge in [-0.25, -0.2) is 0 Å². The van der Waals surface area contributed by atoms with Gasteiger partial charge < -0.3 is 5.11 Å². The molecule has 2 heteroatoms. The third kappa shape index (κ3) is 1.47. The van der Waals surface area contributed by atoms with Gasteiger partial charge in [0.05, 0.1) is 5.60 Å². The Bertz CT molecular complexity index is 353. The highest BCUT2D eigenvalue weighted by atomic mass is 35.5. The van der Waals surface area contributed by atoms with Crippen LogP contribution in [0.25, 0.3) is 0 Å². The molecule has 0 amide bonds. The minimum absolute atomic E-state index is 0.570. The number of hydrogen-bond donors (Lipinski definition) is 1. The molecule has 0 heterocycles. The van der Waals surface area contributed by atoms with Gasteiger partial charge in [0.2, 0.25) is 0 Å². The summed E-state index contributed by atoms with van der Waals surface area (Å²) in [6, 6.07) is 3.82. The molecule has 1 aromatic carbocycles. The molecule has 0 aliphatic heterocycles. The lowest BCUT2D eigenvalue weighted by Gasteiger charge is -2.14. The molecular weight excluding hydrogens is 184 g/mol. The number of rotatable bonds is 1. The van der Waals surface area contributed by atoms with Crippen LogP contribution >= 0.6 is 11.6 Å². The molecule has 0 saturated heterocycles. The topological polar surface area (TPSA) is 20.2 Å². The van der Waals surface area contributed by atoms with Gasteiger partial charge in [-0.15, -0.1) is 0 Å². The largest absolute Gasteiger partial charge is 0.385 e. The van der Waals surface area contributed by atoms with E-state index in [1.807, 2.05) is 26.0 Å². The molecule has 0 spiro atoms. The van der Waals surface area contributed by atoms with Crippen molar-refractivity contribution in [2.24, 2.45) is 0 Å². The minimum atomic E-state index is -0.570. The Morgan fingerprint density at radius 2 is 1.92 bits per heavy atom. The molecule has 70 valence electrons. The summed E-state index contributed by atoms with van der Waals surface area (Å²) in [5.41, 5.74) is 2.77. The summed E-state index contributed by atoms with van der Waals surface area (Å²) in [4.78, 5) is 0. The van der Waals surface area contributed by atoms with Gasteiger partial charge in [-0.2, -0.15) is 0 Å². The molecule has 0 atom stereocenters. The highest BCUT2D eigenvalue weighted by Gasteiger charge is 2.43. The van der Waals surface area contributed by atoms with Crippen LogP contribution in [-0.2, 0) is 5.60 Å². The van der Waals surface area contributed by atoms with Crippen LogP contribution in [0, 0.1) is 13.8 Å². The van der Waals surface area contributed by atoms with E-state index in [1.165, 1.54) is 5.56 Å². The van der Waals surface area contributed by atoms with Gasteiger partial charge in [-0.3, -0.25) is 0 Å². The summed E-state index contributed by atoms with van der Waals surface area (Å²) >= 11 is 5.94. The Hall–Kier alpha value is -0.530. The average Bonchev–Trinajstić information content (AvgIpc) is 2.77. The zero-order chi connectivity index (χ0) is 9.64. The van der Waals surface area contributed by atoms with Crippen molar-refractivity contribution in [2.45, 2.75) is 32.3 Å². The zero-order valence-electron chi connectivity index (χ0n) is 7.89. The van der Waals surface area contributed by atoms with Crippen LogP contribution in [0.15, 0.2) is 12.1 Å². The summed E-state index contributed by atoms with van der Waals surface area (Å²) in [5, 5.41) is 10.7. The predicted octanol–water partition coefficient (Wildman–Crippen LogP) is 2.94. The van der Waals surface area contributed by atoms with Crippen LogP contribution in [0.5, 0.6) is 0 Å². The van der Waals surface area contributed by atoms with Gasteiger partial charge >= 0.3 is 0 Å². The second-order valence-corrected chi connectivity index (χ2v) is 4.36. The van der Waals surface area contributed by atoms with Crippen molar-refractivity contribution in [3.8, 4) is 0 Å². The first-order chi connectivity index (χ1) is 6.03. The number of aryl methyl sites for hydroxylation is 1. The molecule has 1 N–H and O–H groups in total. The van der Waals surface area contributed by atoms with Gasteiger partial charge in [0.1, 0.15) is 0 Å². The number of benzene rings is 1. The number of halogens is 1. The lowest BCUT2D eigenvalue weighted by atomic mass is 9.98. The predicted molar refractivity (Wildman–Crippen MR) is 54.1 cm³/mol. The van der Waals surface area contributed by atoms with Crippen molar-refractivity contribution in [1.29, 1.82) is 0 Å². The Labute approximate surface area is 83.3 Å². The molecule has 13 heavy (non-hydrogen) atoms. The Morgan fingerprint density at radius 1 is 1.31 bits per heavy atom. The second kappa shape index (κ2) is 2.73. The maximum atomic E-state index is 9.97. The van der Waals surface area contributed by atoms with E-state index in [0.29, 0.717) is 0 Å². The quantitative estimate of drug-likeness (QED) is 0.733. The molecule has 0 aromatic heterocycles. The highest BCUT2D eigenvalue weighted by molar-refractivity contribution is 6.30. The lowest BCUT2D eigenvalue weighted by molar-refractivity contribution is 0.150. The van der Waals surface area contributed by atoms with E-state index in [2.05, 4.69) is 0 Å². The maximum absolute atomic E-state index is 9.97. The van der Waals surface area contributed by atoms with Gasteiger partial charge in [-0.05, 0) is 55.5 Å². The molecule has 1 nitrogen and oxygen atoms in total. The molecule has 0 radical (unpaired) electrons. The molecule has 1 aliphatic rings. The van der Waals surface area contributed by atoms with E-state index < -0.39 is 5.60 Å². The van der Waals surface area contributed by atoms with Gasteiger partial charge in [0.25, 0.3) is 0 Å². The number of aliphatic hydroxyl groups is 1. The van der Waals surface area contributed by atoms with Crippen LogP contribution in [0.3, 0.4) is 0 Å². The smallest absolute Gasteiger partial charge is 0.0902 e. The standard InChI is InChI=1S/C11H13ClO/c1-7-5-9(12)6-10(8(7)2)11(13)3-4-11/h5-6,13H,3-4H2,1-2H3. The van der Waals surface area contributed by atoms with Crippen LogP contribution in [0.2, 0.25) is 5.02 Å². The first-order valence-corrected chi connectivity index (χ1v) is 4.90. The SMILES string of the molecule is Cc1cc(Cl)cc(C2(O)CC2)c1C. The molecule has 0 bridgehead atoms. The van der Waals surface area contributed by atoms with Crippen molar-refractivity contribution < 1.29 is 5.11 Å². The molecule has 2 rings (SSSR count). The van der Waals surface area contributed by atoms with E-state index in [0.717, 1.165) is 29.0 Å². The van der Waals surface area contributed by atoms with Crippen LogP contribution in [0.1, 0.15) is 29.5 Å². The fourth-order valence-corrected chi connectivity index (χ4v) is 1.96. The van der Waals surface area contributed by atoms with E-state index in [4.69, 9.17) is 11.6 Å². The van der Waals surface area contributed by atoms with Crippen LogP contribution in [0.4, 0.5) is 0 Å². The monoisotopic (exact) mass is 196 g/mol. The lowest BCUT2D eigenvalue weighted by Crippen LogP contribution is -2.07. The number of hydrogen-bond acceptors (Lipinski definition) is 1. The van der Waals surface area contributed by atoms with Crippen molar-refractivity contribution in [2.75, 3.05) is 0 Å². The first kappa shape index (κ1) is 9.04. The van der Waals surface area contributed by atoms with E-state index in [-0.39, 0.29) is 0 Å². The molecular formula is C11H13ClO. The first-order valence-electron chi connectivity index (χ1n) is 4.52. The summed E-state index contributed by atoms with van der Waals surface area (Å²) in [6.45, 7) is 4.06. The highest BCUT2D eigenvalue weighted by Crippen LogP contribution is 2.47. The molecule has 0 unspecified atom stereocenters. The van der Waals surface area contributed by atoms with Crippen molar-refractivity contribution in [1.82, 2.24) is 0 Å².